The van der Waals surface area contributed by atoms with Crippen LogP contribution in [0, 0.1) is 5.92 Å². The molecule has 3 aromatic rings. The van der Waals surface area contributed by atoms with Crippen LogP contribution in [-0.2, 0) is 16.0 Å². The number of carbonyl (C=O) groups excluding carboxylic acids is 2. The summed E-state index contributed by atoms with van der Waals surface area (Å²) in [6.07, 6.45) is 5.92. The Bertz CT molecular complexity index is 882. The van der Waals surface area contributed by atoms with Crippen LogP contribution in [0.25, 0.3) is 4.96 Å². The fraction of sp³-hybridized carbons (Fsp3) is 0.235. The summed E-state index contributed by atoms with van der Waals surface area (Å²) in [5.74, 6) is 0.0704. The number of amides is 2. The summed E-state index contributed by atoms with van der Waals surface area (Å²) < 4.78 is 1.90. The van der Waals surface area contributed by atoms with Gasteiger partial charge in [-0.15, -0.1) is 11.3 Å². The number of thiazole rings is 1. The van der Waals surface area contributed by atoms with Crippen LogP contribution in [0.1, 0.15) is 18.5 Å². The standard InChI is InChI=1S/C17H16N4O2S/c22-15(9-14-10-21-6-7-24-17(21)20-14)18-12-2-1-3-13(8-12)19-16(23)11-4-5-11/h1-3,6-8,10-11H,4-5,9H2,(H,18,22)(H,19,23). The zero-order chi connectivity index (χ0) is 16.5. The lowest BCUT2D eigenvalue weighted by Gasteiger charge is -2.08. The summed E-state index contributed by atoms with van der Waals surface area (Å²) in [5, 5.41) is 7.68. The van der Waals surface area contributed by atoms with Gasteiger partial charge >= 0.3 is 0 Å². The first-order chi connectivity index (χ1) is 11.7. The number of anilines is 2. The Morgan fingerprint density at radius 1 is 1.25 bits per heavy atom. The average molecular weight is 340 g/mol. The minimum absolute atomic E-state index is 0.0524. The van der Waals surface area contributed by atoms with Crippen molar-refractivity contribution in [3.8, 4) is 0 Å². The molecule has 1 saturated carbocycles. The molecular formula is C17H16N4O2S. The second-order valence-corrected chi connectivity index (χ2v) is 6.77. The van der Waals surface area contributed by atoms with E-state index in [1.54, 1.807) is 12.1 Å². The Morgan fingerprint density at radius 3 is 2.79 bits per heavy atom. The van der Waals surface area contributed by atoms with Crippen LogP contribution in [-0.4, -0.2) is 21.2 Å². The van der Waals surface area contributed by atoms with E-state index < -0.39 is 0 Å². The van der Waals surface area contributed by atoms with Crippen LogP contribution in [0.4, 0.5) is 11.4 Å². The Labute approximate surface area is 142 Å². The molecule has 1 fully saturated rings. The summed E-state index contributed by atoms with van der Waals surface area (Å²) in [4.78, 5) is 29.3. The maximum absolute atomic E-state index is 12.2. The lowest BCUT2D eigenvalue weighted by atomic mass is 10.2. The fourth-order valence-electron chi connectivity index (χ4n) is 2.50. The molecule has 4 rings (SSSR count). The second kappa shape index (κ2) is 6.09. The minimum atomic E-state index is -0.133. The SMILES string of the molecule is O=C(Cc1cn2ccsc2n1)Nc1cccc(NC(=O)C2CC2)c1. The molecule has 1 aliphatic carbocycles. The van der Waals surface area contributed by atoms with Gasteiger partial charge in [0.05, 0.1) is 12.1 Å². The molecule has 1 aliphatic rings. The van der Waals surface area contributed by atoms with Crippen molar-refractivity contribution < 1.29 is 9.59 Å². The molecular weight excluding hydrogens is 324 g/mol. The van der Waals surface area contributed by atoms with Crippen molar-refractivity contribution >= 4 is 39.5 Å². The number of imidazole rings is 1. The first kappa shape index (κ1) is 14.9. The highest BCUT2D eigenvalue weighted by molar-refractivity contribution is 7.15. The molecule has 2 N–H and O–H groups in total. The van der Waals surface area contributed by atoms with Gasteiger partial charge in [0.1, 0.15) is 0 Å². The first-order valence-corrected chi connectivity index (χ1v) is 8.67. The van der Waals surface area contributed by atoms with Gasteiger partial charge in [0.25, 0.3) is 0 Å². The van der Waals surface area contributed by atoms with Crippen molar-refractivity contribution in [3.05, 3.63) is 47.7 Å². The maximum atomic E-state index is 12.2. The Morgan fingerprint density at radius 2 is 2.04 bits per heavy atom. The zero-order valence-electron chi connectivity index (χ0n) is 12.9. The van der Waals surface area contributed by atoms with E-state index in [2.05, 4.69) is 15.6 Å². The number of nitrogens with zero attached hydrogens (tertiary/aromatic N) is 2. The van der Waals surface area contributed by atoms with Crippen molar-refractivity contribution in [1.29, 1.82) is 0 Å². The molecule has 1 aromatic carbocycles. The number of rotatable bonds is 5. The number of hydrogen-bond acceptors (Lipinski definition) is 4. The van der Waals surface area contributed by atoms with Gasteiger partial charge in [0.2, 0.25) is 11.8 Å². The third-order valence-electron chi connectivity index (χ3n) is 3.85. The highest BCUT2D eigenvalue weighted by atomic mass is 32.1. The van der Waals surface area contributed by atoms with Gasteiger partial charge in [-0.25, -0.2) is 4.98 Å². The summed E-state index contributed by atoms with van der Waals surface area (Å²) >= 11 is 1.53. The Balaban J connectivity index is 1.39. The van der Waals surface area contributed by atoms with Gasteiger partial charge < -0.3 is 10.6 Å². The van der Waals surface area contributed by atoms with Crippen molar-refractivity contribution in [3.63, 3.8) is 0 Å². The van der Waals surface area contributed by atoms with Crippen molar-refractivity contribution in [2.75, 3.05) is 10.6 Å². The van der Waals surface area contributed by atoms with Crippen molar-refractivity contribution in [1.82, 2.24) is 9.38 Å². The zero-order valence-corrected chi connectivity index (χ0v) is 13.7. The number of hydrogen-bond donors (Lipinski definition) is 2. The molecule has 0 spiro atoms. The average Bonchev–Trinajstić information content (AvgIpc) is 3.20. The summed E-state index contributed by atoms with van der Waals surface area (Å²) in [5.41, 5.74) is 2.10. The lowest BCUT2D eigenvalue weighted by molar-refractivity contribution is -0.117. The summed E-state index contributed by atoms with van der Waals surface area (Å²) in [7, 11) is 0. The molecule has 0 atom stereocenters. The highest BCUT2D eigenvalue weighted by Gasteiger charge is 2.29. The van der Waals surface area contributed by atoms with Gasteiger partial charge in [0.15, 0.2) is 4.96 Å². The molecule has 0 unspecified atom stereocenters. The third kappa shape index (κ3) is 3.30. The number of fused-ring (bicyclic) bond motifs is 1. The normalized spacial score (nSPS) is 13.8. The molecule has 0 aliphatic heterocycles. The summed E-state index contributed by atoms with van der Waals surface area (Å²) in [6.45, 7) is 0. The van der Waals surface area contributed by atoms with E-state index in [-0.39, 0.29) is 24.2 Å². The van der Waals surface area contributed by atoms with Crippen LogP contribution in [0.5, 0.6) is 0 Å². The van der Waals surface area contributed by atoms with E-state index in [9.17, 15) is 9.59 Å². The molecule has 122 valence electrons. The van der Waals surface area contributed by atoms with Gasteiger partial charge in [0, 0.05) is 35.1 Å². The number of carbonyl (C=O) groups is 2. The molecule has 6 nitrogen and oxygen atoms in total. The molecule has 2 aromatic heterocycles. The van der Waals surface area contributed by atoms with Gasteiger partial charge in [-0.05, 0) is 31.0 Å². The Kier molecular flexibility index (Phi) is 3.78. The predicted octanol–water partition coefficient (Wildman–Crippen LogP) is 2.93. The smallest absolute Gasteiger partial charge is 0.230 e. The second-order valence-electron chi connectivity index (χ2n) is 5.89. The van der Waals surface area contributed by atoms with Gasteiger partial charge in [-0.1, -0.05) is 6.07 Å². The number of benzene rings is 1. The van der Waals surface area contributed by atoms with Crippen LogP contribution >= 0.6 is 11.3 Å². The van der Waals surface area contributed by atoms with E-state index in [1.807, 2.05) is 34.3 Å². The topological polar surface area (TPSA) is 75.5 Å². The van der Waals surface area contributed by atoms with E-state index in [0.29, 0.717) is 11.4 Å². The molecule has 2 amide bonds. The van der Waals surface area contributed by atoms with Crippen LogP contribution in [0.3, 0.4) is 0 Å². The predicted molar refractivity (Wildman–Crippen MR) is 93.2 cm³/mol. The minimum Gasteiger partial charge on any atom is -0.326 e. The van der Waals surface area contributed by atoms with Gasteiger partial charge in [-0.3, -0.25) is 14.0 Å². The van der Waals surface area contributed by atoms with Crippen LogP contribution in [0.15, 0.2) is 42.0 Å². The maximum Gasteiger partial charge on any atom is 0.230 e. The number of nitrogens with one attached hydrogen (secondary N) is 2. The first-order valence-electron chi connectivity index (χ1n) is 7.79. The largest absolute Gasteiger partial charge is 0.326 e. The van der Waals surface area contributed by atoms with Crippen molar-refractivity contribution in [2.24, 2.45) is 5.92 Å². The quantitative estimate of drug-likeness (QED) is 0.750. The van der Waals surface area contributed by atoms with E-state index in [0.717, 1.165) is 23.5 Å². The van der Waals surface area contributed by atoms with Crippen LogP contribution in [0.2, 0.25) is 0 Å². The molecule has 0 bridgehead atoms. The Hall–Kier alpha value is -2.67. The molecule has 7 heteroatoms. The number of aromatic nitrogens is 2. The van der Waals surface area contributed by atoms with Gasteiger partial charge in [-0.2, -0.15) is 0 Å². The monoisotopic (exact) mass is 340 g/mol. The van der Waals surface area contributed by atoms with Crippen LogP contribution < -0.4 is 10.6 Å². The lowest BCUT2D eigenvalue weighted by Crippen LogP contribution is -2.16. The van der Waals surface area contributed by atoms with E-state index in [1.165, 1.54) is 11.3 Å². The summed E-state index contributed by atoms with van der Waals surface area (Å²) in [6, 6.07) is 7.20. The molecule has 24 heavy (non-hydrogen) atoms. The fourth-order valence-corrected chi connectivity index (χ4v) is 3.21. The molecule has 2 heterocycles. The highest BCUT2D eigenvalue weighted by Crippen LogP contribution is 2.30. The molecule has 0 radical (unpaired) electrons. The molecule has 0 saturated heterocycles. The van der Waals surface area contributed by atoms with Crippen molar-refractivity contribution in [2.45, 2.75) is 19.3 Å². The van der Waals surface area contributed by atoms with E-state index in [4.69, 9.17) is 0 Å². The third-order valence-corrected chi connectivity index (χ3v) is 4.62. The van der Waals surface area contributed by atoms with E-state index >= 15 is 0 Å².